The number of carbonyl (C=O) groups is 1. The third-order valence-electron chi connectivity index (χ3n) is 2.70. The van der Waals surface area contributed by atoms with Crippen molar-refractivity contribution < 1.29 is 4.79 Å². The van der Waals surface area contributed by atoms with Crippen LogP contribution in [0.3, 0.4) is 0 Å². The highest BCUT2D eigenvalue weighted by molar-refractivity contribution is 9.10. The van der Waals surface area contributed by atoms with E-state index in [2.05, 4.69) is 26.2 Å². The van der Waals surface area contributed by atoms with Crippen molar-refractivity contribution in [2.24, 2.45) is 0 Å². The second-order valence-corrected chi connectivity index (χ2v) is 4.73. The first-order valence-electron chi connectivity index (χ1n) is 5.35. The van der Waals surface area contributed by atoms with E-state index in [-0.39, 0.29) is 0 Å². The summed E-state index contributed by atoms with van der Waals surface area (Å²) in [5.74, 6) is 0. The molecule has 0 N–H and O–H groups in total. The van der Waals surface area contributed by atoms with Crippen LogP contribution in [-0.2, 0) is 0 Å². The molecule has 0 spiro atoms. The molecule has 0 atom stereocenters. The lowest BCUT2D eigenvalue weighted by atomic mass is 10.2. The highest BCUT2D eigenvalue weighted by Gasteiger charge is 2.10. The van der Waals surface area contributed by atoms with Gasteiger partial charge in [-0.3, -0.25) is 4.79 Å². The van der Waals surface area contributed by atoms with Gasteiger partial charge in [-0.1, -0.05) is 33.3 Å². The lowest BCUT2D eigenvalue weighted by Crippen LogP contribution is -2.01. The lowest BCUT2D eigenvalue weighted by Gasteiger charge is -2.05. The van der Waals surface area contributed by atoms with Gasteiger partial charge in [-0.2, -0.15) is 0 Å². The number of carbonyl (C=O) groups excluding carboxylic acids is 1. The van der Waals surface area contributed by atoms with E-state index < -0.39 is 0 Å². The van der Waals surface area contributed by atoms with Crippen LogP contribution in [0.1, 0.15) is 10.4 Å². The molecular formula is C13H8BrN3O. The number of para-hydroxylation sites is 1. The maximum absolute atomic E-state index is 11.1. The second-order valence-electron chi connectivity index (χ2n) is 3.81. The van der Waals surface area contributed by atoms with Crippen LogP contribution in [0.2, 0.25) is 0 Å². The summed E-state index contributed by atoms with van der Waals surface area (Å²) in [6, 6.07) is 13.1. The molecule has 0 unspecified atom stereocenters. The van der Waals surface area contributed by atoms with Gasteiger partial charge in [0.15, 0.2) is 6.29 Å². The van der Waals surface area contributed by atoms with Crippen molar-refractivity contribution in [1.29, 1.82) is 0 Å². The molecule has 0 saturated carbocycles. The monoisotopic (exact) mass is 301 g/mol. The quantitative estimate of drug-likeness (QED) is 0.684. The molecule has 1 heterocycles. The molecule has 0 radical (unpaired) electrons. The second kappa shape index (κ2) is 4.34. The zero-order valence-corrected chi connectivity index (χ0v) is 10.8. The van der Waals surface area contributed by atoms with Crippen molar-refractivity contribution in [3.05, 3.63) is 52.5 Å². The first-order valence-corrected chi connectivity index (χ1v) is 6.14. The fraction of sp³-hybridized carbons (Fsp3) is 0. The number of rotatable bonds is 2. The van der Waals surface area contributed by atoms with E-state index in [1.807, 2.05) is 36.4 Å². The van der Waals surface area contributed by atoms with Crippen LogP contribution in [0.5, 0.6) is 0 Å². The first kappa shape index (κ1) is 11.1. The van der Waals surface area contributed by atoms with Crippen molar-refractivity contribution in [2.75, 3.05) is 0 Å². The topological polar surface area (TPSA) is 47.8 Å². The number of aldehydes is 1. The van der Waals surface area contributed by atoms with E-state index >= 15 is 0 Å². The summed E-state index contributed by atoms with van der Waals surface area (Å²) in [4.78, 5) is 11.1. The molecule has 88 valence electrons. The highest BCUT2D eigenvalue weighted by Crippen LogP contribution is 2.22. The van der Waals surface area contributed by atoms with E-state index in [4.69, 9.17) is 0 Å². The average molecular weight is 302 g/mol. The third-order valence-corrected chi connectivity index (χ3v) is 3.19. The summed E-state index contributed by atoms with van der Waals surface area (Å²) in [6.45, 7) is 0. The van der Waals surface area contributed by atoms with E-state index in [0.29, 0.717) is 11.3 Å². The molecule has 0 bridgehead atoms. The first-order chi connectivity index (χ1) is 8.79. The van der Waals surface area contributed by atoms with Crippen LogP contribution >= 0.6 is 15.9 Å². The van der Waals surface area contributed by atoms with Gasteiger partial charge in [-0.15, -0.1) is 5.10 Å². The standard InChI is InChI=1S/C13H8BrN3O/c14-10-6-5-9(8-18)13(7-10)17-12-4-2-1-3-11(12)15-16-17/h1-8H. The number of hydrogen-bond donors (Lipinski definition) is 0. The minimum atomic E-state index is 0.578. The summed E-state index contributed by atoms with van der Waals surface area (Å²) < 4.78 is 2.56. The number of benzene rings is 2. The molecule has 0 saturated heterocycles. The van der Waals surface area contributed by atoms with Gasteiger partial charge in [0.05, 0.1) is 11.2 Å². The molecule has 3 rings (SSSR count). The largest absolute Gasteiger partial charge is 0.298 e. The molecule has 0 fully saturated rings. The fourth-order valence-corrected chi connectivity index (χ4v) is 2.20. The number of nitrogens with zero attached hydrogens (tertiary/aromatic N) is 3. The fourth-order valence-electron chi connectivity index (χ4n) is 1.85. The predicted molar refractivity (Wildman–Crippen MR) is 72.0 cm³/mol. The van der Waals surface area contributed by atoms with Gasteiger partial charge in [0.25, 0.3) is 0 Å². The summed E-state index contributed by atoms with van der Waals surface area (Å²) in [5.41, 5.74) is 2.97. The number of aromatic nitrogens is 3. The van der Waals surface area contributed by atoms with Crippen LogP contribution in [0, 0.1) is 0 Å². The Balaban J connectivity index is 2.32. The van der Waals surface area contributed by atoms with Crippen LogP contribution in [0.25, 0.3) is 16.7 Å². The van der Waals surface area contributed by atoms with E-state index in [0.717, 1.165) is 21.8 Å². The Hall–Kier alpha value is -2.01. The van der Waals surface area contributed by atoms with E-state index in [1.54, 1.807) is 10.7 Å². The molecule has 4 nitrogen and oxygen atoms in total. The molecule has 5 heteroatoms. The predicted octanol–water partition coefficient (Wildman–Crippen LogP) is 3.00. The number of fused-ring (bicyclic) bond motifs is 1. The summed E-state index contributed by atoms with van der Waals surface area (Å²) in [7, 11) is 0. The smallest absolute Gasteiger partial charge is 0.152 e. The van der Waals surface area contributed by atoms with Gasteiger partial charge in [-0.05, 0) is 30.3 Å². The zero-order chi connectivity index (χ0) is 12.5. The van der Waals surface area contributed by atoms with Crippen LogP contribution < -0.4 is 0 Å². The Morgan fingerprint density at radius 2 is 2.00 bits per heavy atom. The molecule has 2 aromatic carbocycles. The Morgan fingerprint density at radius 1 is 1.17 bits per heavy atom. The maximum Gasteiger partial charge on any atom is 0.152 e. The van der Waals surface area contributed by atoms with Gasteiger partial charge in [0, 0.05) is 10.0 Å². The summed E-state index contributed by atoms with van der Waals surface area (Å²) in [5, 5.41) is 8.18. The van der Waals surface area contributed by atoms with Gasteiger partial charge in [-0.25, -0.2) is 4.68 Å². The third kappa shape index (κ3) is 1.73. The molecule has 18 heavy (non-hydrogen) atoms. The van der Waals surface area contributed by atoms with Crippen molar-refractivity contribution in [2.45, 2.75) is 0 Å². The summed E-state index contributed by atoms with van der Waals surface area (Å²) >= 11 is 3.40. The van der Waals surface area contributed by atoms with Gasteiger partial charge in [0.2, 0.25) is 0 Å². The number of halogens is 1. The maximum atomic E-state index is 11.1. The van der Waals surface area contributed by atoms with Gasteiger partial charge < -0.3 is 0 Å². The van der Waals surface area contributed by atoms with Crippen molar-refractivity contribution in [3.63, 3.8) is 0 Å². The van der Waals surface area contributed by atoms with Crippen LogP contribution in [0.4, 0.5) is 0 Å². The Kier molecular flexibility index (Phi) is 2.68. The Morgan fingerprint density at radius 3 is 2.83 bits per heavy atom. The molecular weight excluding hydrogens is 294 g/mol. The average Bonchev–Trinajstić information content (AvgIpc) is 2.82. The molecule has 0 aliphatic rings. The molecule has 0 amide bonds. The van der Waals surface area contributed by atoms with Gasteiger partial charge >= 0.3 is 0 Å². The Labute approximate surface area is 111 Å². The van der Waals surface area contributed by atoms with E-state index in [1.165, 1.54) is 0 Å². The molecule has 3 aromatic rings. The van der Waals surface area contributed by atoms with Crippen molar-refractivity contribution in [3.8, 4) is 5.69 Å². The Bertz CT molecular complexity index is 736. The minimum absolute atomic E-state index is 0.578. The number of hydrogen-bond acceptors (Lipinski definition) is 3. The van der Waals surface area contributed by atoms with Gasteiger partial charge in [0.1, 0.15) is 5.52 Å². The van der Waals surface area contributed by atoms with Crippen molar-refractivity contribution in [1.82, 2.24) is 15.0 Å². The zero-order valence-electron chi connectivity index (χ0n) is 9.25. The van der Waals surface area contributed by atoms with Crippen molar-refractivity contribution >= 4 is 33.2 Å². The molecule has 0 aliphatic heterocycles. The lowest BCUT2D eigenvalue weighted by molar-refractivity contribution is 0.112. The SMILES string of the molecule is O=Cc1ccc(Br)cc1-n1nnc2ccccc21. The minimum Gasteiger partial charge on any atom is -0.298 e. The van der Waals surface area contributed by atoms with E-state index in [9.17, 15) is 4.79 Å². The van der Waals surface area contributed by atoms with Crippen LogP contribution in [0.15, 0.2) is 46.9 Å². The molecule has 0 aliphatic carbocycles. The van der Waals surface area contributed by atoms with Crippen LogP contribution in [-0.4, -0.2) is 21.3 Å². The highest BCUT2D eigenvalue weighted by atomic mass is 79.9. The molecule has 1 aromatic heterocycles. The summed E-state index contributed by atoms with van der Waals surface area (Å²) in [6.07, 6.45) is 0.818. The normalized spacial score (nSPS) is 10.7.